The van der Waals surface area contributed by atoms with Crippen LogP contribution in [0.15, 0.2) is 18.2 Å². The molecule has 4 heteroatoms. The van der Waals surface area contributed by atoms with Crippen LogP contribution >= 0.6 is 11.6 Å². The molecule has 0 saturated carbocycles. The molecule has 0 aromatic heterocycles. The van der Waals surface area contributed by atoms with E-state index in [2.05, 4.69) is 6.92 Å². The largest absolute Gasteiger partial charge is 0.291 e. The van der Waals surface area contributed by atoms with Crippen LogP contribution in [0.1, 0.15) is 18.4 Å². The Morgan fingerprint density at radius 1 is 1.62 bits per heavy atom. The second kappa shape index (κ2) is 3.75. The van der Waals surface area contributed by atoms with Crippen LogP contribution in [0.3, 0.4) is 0 Å². The maximum atomic E-state index is 10.6. The Bertz CT molecular complexity index is 336. The van der Waals surface area contributed by atoms with Crippen LogP contribution in [0, 0.1) is 17.0 Å². The fourth-order valence-electron chi connectivity index (χ4n) is 1.12. The van der Waals surface area contributed by atoms with Crippen molar-refractivity contribution in [2.45, 2.75) is 12.8 Å². The summed E-state index contributed by atoms with van der Waals surface area (Å²) in [7, 11) is 0. The molecule has 0 aliphatic rings. The number of para-hydroxylation sites is 1. The maximum absolute atomic E-state index is 10.6. The predicted molar refractivity (Wildman–Crippen MR) is 51.9 cm³/mol. The van der Waals surface area contributed by atoms with E-state index >= 15 is 0 Å². The van der Waals surface area contributed by atoms with E-state index in [9.17, 15) is 10.1 Å². The van der Waals surface area contributed by atoms with Crippen molar-refractivity contribution >= 4 is 17.3 Å². The summed E-state index contributed by atoms with van der Waals surface area (Å²) in [5.74, 6) is -0.140. The van der Waals surface area contributed by atoms with E-state index in [1.165, 1.54) is 6.07 Å². The highest BCUT2D eigenvalue weighted by molar-refractivity contribution is 6.32. The van der Waals surface area contributed by atoms with E-state index < -0.39 is 4.92 Å². The average molecular weight is 199 g/mol. The fraction of sp³-hybridized carbons (Fsp3) is 0.222. The molecule has 0 bridgehead atoms. The second-order valence-electron chi connectivity index (χ2n) is 2.84. The minimum atomic E-state index is -0.473. The van der Waals surface area contributed by atoms with Gasteiger partial charge in [0.15, 0.2) is 0 Å². The van der Waals surface area contributed by atoms with Gasteiger partial charge in [-0.3, -0.25) is 10.1 Å². The third kappa shape index (κ3) is 1.98. The van der Waals surface area contributed by atoms with Gasteiger partial charge in [0, 0.05) is 5.56 Å². The Morgan fingerprint density at radius 2 is 2.23 bits per heavy atom. The number of benzene rings is 1. The van der Waals surface area contributed by atoms with Gasteiger partial charge in [-0.1, -0.05) is 30.7 Å². The molecule has 69 valence electrons. The number of nitro benzene ring substituents is 1. The summed E-state index contributed by atoms with van der Waals surface area (Å²) >= 11 is 5.70. The van der Waals surface area contributed by atoms with Gasteiger partial charge < -0.3 is 0 Å². The van der Waals surface area contributed by atoms with Crippen molar-refractivity contribution < 1.29 is 4.92 Å². The summed E-state index contributed by atoms with van der Waals surface area (Å²) in [5.41, 5.74) is 0.532. The zero-order valence-corrected chi connectivity index (χ0v) is 7.91. The molecule has 13 heavy (non-hydrogen) atoms. The van der Waals surface area contributed by atoms with Crippen LogP contribution in [-0.4, -0.2) is 4.92 Å². The highest BCUT2D eigenvalue weighted by atomic mass is 35.5. The maximum Gasteiger partial charge on any atom is 0.291 e. The van der Waals surface area contributed by atoms with Crippen molar-refractivity contribution in [3.63, 3.8) is 0 Å². The van der Waals surface area contributed by atoms with Crippen LogP contribution in [0.2, 0.25) is 5.02 Å². The quantitative estimate of drug-likeness (QED) is 0.541. The van der Waals surface area contributed by atoms with Crippen LogP contribution in [-0.2, 0) is 0 Å². The van der Waals surface area contributed by atoms with E-state index in [0.29, 0.717) is 5.56 Å². The van der Waals surface area contributed by atoms with Crippen molar-refractivity contribution in [3.05, 3.63) is 45.8 Å². The summed E-state index contributed by atoms with van der Waals surface area (Å²) in [4.78, 5) is 10.2. The second-order valence-corrected chi connectivity index (χ2v) is 3.24. The van der Waals surface area contributed by atoms with Crippen LogP contribution in [0.25, 0.3) is 0 Å². The Balaban J connectivity index is 3.34. The Morgan fingerprint density at radius 3 is 2.62 bits per heavy atom. The molecule has 1 atom stereocenters. The van der Waals surface area contributed by atoms with Gasteiger partial charge in [-0.2, -0.15) is 0 Å². The standard InChI is InChI=1S/C9H9ClNO2/c1-6(2)7-4-3-5-8(10)9(7)11(12)13/h3-6H,1H2,2H3. The lowest BCUT2D eigenvalue weighted by atomic mass is 10.0. The fourth-order valence-corrected chi connectivity index (χ4v) is 1.37. The molecule has 0 amide bonds. The highest BCUT2D eigenvalue weighted by Crippen LogP contribution is 2.32. The highest BCUT2D eigenvalue weighted by Gasteiger charge is 2.19. The molecule has 1 aromatic rings. The minimum absolute atomic E-state index is 0.0355. The number of hydrogen-bond acceptors (Lipinski definition) is 2. The lowest BCUT2D eigenvalue weighted by Crippen LogP contribution is -1.97. The molecular formula is C9H9ClNO2. The first kappa shape index (κ1) is 9.99. The number of halogens is 1. The molecule has 0 spiro atoms. The first-order chi connectivity index (χ1) is 6.04. The molecule has 0 saturated heterocycles. The molecule has 0 heterocycles. The van der Waals surface area contributed by atoms with Crippen LogP contribution in [0.5, 0.6) is 0 Å². The average Bonchev–Trinajstić information content (AvgIpc) is 2.02. The zero-order chi connectivity index (χ0) is 10.0. The molecule has 1 radical (unpaired) electrons. The van der Waals surface area contributed by atoms with Crippen molar-refractivity contribution in [1.82, 2.24) is 0 Å². The Labute approximate surface area is 81.5 Å². The normalized spacial score (nSPS) is 10.5. The van der Waals surface area contributed by atoms with E-state index in [0.717, 1.165) is 0 Å². The molecule has 0 fully saturated rings. The molecule has 0 aliphatic carbocycles. The van der Waals surface area contributed by atoms with Gasteiger partial charge in [-0.15, -0.1) is 0 Å². The third-order valence-electron chi connectivity index (χ3n) is 1.73. The lowest BCUT2D eigenvalue weighted by Gasteiger charge is -2.06. The summed E-state index contributed by atoms with van der Waals surface area (Å²) in [6, 6.07) is 4.86. The molecule has 1 unspecified atom stereocenters. The van der Waals surface area contributed by atoms with Gasteiger partial charge in [-0.05, 0) is 18.9 Å². The topological polar surface area (TPSA) is 43.1 Å². The number of nitrogens with zero attached hydrogens (tertiary/aromatic N) is 1. The number of rotatable bonds is 2. The van der Waals surface area contributed by atoms with E-state index in [1.54, 1.807) is 19.1 Å². The van der Waals surface area contributed by atoms with E-state index in [1.807, 2.05) is 0 Å². The SMILES string of the molecule is [CH2]C(C)c1cccc(Cl)c1[N+](=O)[O-]. The van der Waals surface area contributed by atoms with Gasteiger partial charge in [0.2, 0.25) is 0 Å². The molecule has 1 aromatic carbocycles. The third-order valence-corrected chi connectivity index (χ3v) is 2.04. The minimum Gasteiger partial charge on any atom is -0.258 e. The van der Waals surface area contributed by atoms with Crippen LogP contribution in [0.4, 0.5) is 5.69 Å². The van der Waals surface area contributed by atoms with Crippen molar-refractivity contribution in [1.29, 1.82) is 0 Å². The Hall–Kier alpha value is -1.09. The first-order valence-corrected chi connectivity index (χ1v) is 4.17. The van der Waals surface area contributed by atoms with Gasteiger partial charge in [-0.25, -0.2) is 0 Å². The Kier molecular flexibility index (Phi) is 2.88. The van der Waals surface area contributed by atoms with Crippen molar-refractivity contribution in [3.8, 4) is 0 Å². The first-order valence-electron chi connectivity index (χ1n) is 3.80. The van der Waals surface area contributed by atoms with Gasteiger partial charge >= 0.3 is 0 Å². The molecule has 1 rings (SSSR count). The van der Waals surface area contributed by atoms with Crippen molar-refractivity contribution in [2.24, 2.45) is 0 Å². The number of hydrogen-bond donors (Lipinski definition) is 0. The summed E-state index contributed by atoms with van der Waals surface area (Å²) < 4.78 is 0. The number of nitro groups is 1. The molecular weight excluding hydrogens is 190 g/mol. The lowest BCUT2D eigenvalue weighted by molar-refractivity contribution is -0.385. The van der Waals surface area contributed by atoms with E-state index in [4.69, 9.17) is 11.6 Å². The van der Waals surface area contributed by atoms with Crippen LogP contribution < -0.4 is 0 Å². The van der Waals surface area contributed by atoms with Gasteiger partial charge in [0.1, 0.15) is 5.02 Å². The van der Waals surface area contributed by atoms with Gasteiger partial charge in [0.05, 0.1) is 4.92 Å². The smallest absolute Gasteiger partial charge is 0.258 e. The molecule has 0 aliphatic heterocycles. The van der Waals surface area contributed by atoms with E-state index in [-0.39, 0.29) is 16.6 Å². The summed E-state index contributed by atoms with van der Waals surface area (Å²) in [6.45, 7) is 5.52. The molecule has 3 nitrogen and oxygen atoms in total. The van der Waals surface area contributed by atoms with Crippen molar-refractivity contribution in [2.75, 3.05) is 0 Å². The monoisotopic (exact) mass is 198 g/mol. The summed E-state index contributed by atoms with van der Waals surface area (Å²) in [6.07, 6.45) is 0. The van der Waals surface area contributed by atoms with Gasteiger partial charge in [0.25, 0.3) is 5.69 Å². The predicted octanol–water partition coefficient (Wildman–Crippen LogP) is 3.19. The zero-order valence-electron chi connectivity index (χ0n) is 7.16. The summed E-state index contributed by atoms with van der Waals surface area (Å²) in [5, 5.41) is 10.8. The molecule has 0 N–H and O–H groups in total.